The quantitative estimate of drug-likeness (QED) is 0.0324. The van der Waals surface area contributed by atoms with Crippen molar-refractivity contribution in [2.75, 3.05) is 6.61 Å². The zero-order valence-electron chi connectivity index (χ0n) is 37.8. The van der Waals surface area contributed by atoms with Gasteiger partial charge in [-0.25, -0.2) is 0 Å². The van der Waals surface area contributed by atoms with Crippen LogP contribution in [0.15, 0.2) is 12.2 Å². The number of carbonyl (C=O) groups is 2. The molecule has 0 radical (unpaired) electrons. The van der Waals surface area contributed by atoms with Crippen LogP contribution in [0.5, 0.6) is 0 Å². The molecule has 56 heavy (non-hydrogen) atoms. The smallest absolute Gasteiger partial charge is 0.306 e. The molecular weight excluding hydrogens is 695 g/mol. The summed E-state index contributed by atoms with van der Waals surface area (Å²) in [5.41, 5.74) is 0. The van der Waals surface area contributed by atoms with Crippen molar-refractivity contribution in [2.24, 2.45) is 0 Å². The summed E-state index contributed by atoms with van der Waals surface area (Å²) < 4.78 is 5.92. The fraction of sp³-hybridized carbons (Fsp3) is 0.920. The minimum absolute atomic E-state index is 0.0736. The molecule has 0 aliphatic rings. The zero-order valence-corrected chi connectivity index (χ0v) is 37.8. The maximum absolute atomic E-state index is 13.2. The molecule has 0 aliphatic carbocycles. The molecule has 0 saturated heterocycles. The summed E-state index contributed by atoms with van der Waals surface area (Å²) in [4.78, 5) is 26.0. The Balaban J connectivity index is 4.58. The second-order valence-corrected chi connectivity index (χ2v) is 17.2. The van der Waals surface area contributed by atoms with Crippen LogP contribution in [0.25, 0.3) is 0 Å². The summed E-state index contributed by atoms with van der Waals surface area (Å²) in [6.07, 6.45) is 48.4. The van der Waals surface area contributed by atoms with Gasteiger partial charge in [-0.1, -0.05) is 219 Å². The Hall–Kier alpha value is -1.40. The molecule has 0 bridgehead atoms. The second kappa shape index (κ2) is 44.7. The number of hydrogen-bond donors (Lipinski definition) is 3. The minimum Gasteiger partial charge on any atom is -0.462 e. The molecule has 0 spiro atoms. The minimum atomic E-state index is -0.784. The van der Waals surface area contributed by atoms with Gasteiger partial charge in [-0.15, -0.1) is 0 Å². The number of amides is 1. The first kappa shape index (κ1) is 54.6. The van der Waals surface area contributed by atoms with Gasteiger partial charge in [0.2, 0.25) is 5.91 Å². The van der Waals surface area contributed by atoms with Gasteiger partial charge in [0, 0.05) is 6.42 Å². The van der Waals surface area contributed by atoms with E-state index in [1.54, 1.807) is 0 Å². The molecule has 0 rings (SSSR count). The molecule has 0 aromatic carbocycles. The predicted molar refractivity (Wildman–Crippen MR) is 241 cm³/mol. The molecule has 0 saturated carbocycles. The number of nitrogens with one attached hydrogen (secondary N) is 1. The molecular formula is C50H97NO5. The van der Waals surface area contributed by atoms with Gasteiger partial charge in [-0.2, -0.15) is 0 Å². The number of hydrogen-bond acceptors (Lipinski definition) is 5. The fourth-order valence-corrected chi connectivity index (χ4v) is 7.78. The van der Waals surface area contributed by atoms with Crippen LogP contribution in [0.3, 0.4) is 0 Å². The van der Waals surface area contributed by atoms with Crippen molar-refractivity contribution in [3.63, 3.8) is 0 Å². The first-order chi connectivity index (χ1) is 27.5. The largest absolute Gasteiger partial charge is 0.462 e. The van der Waals surface area contributed by atoms with Crippen molar-refractivity contribution in [1.82, 2.24) is 5.32 Å². The molecule has 0 aliphatic heterocycles. The molecule has 0 aromatic rings. The summed E-state index contributed by atoms with van der Waals surface area (Å²) in [6.45, 7) is 6.48. The van der Waals surface area contributed by atoms with E-state index in [0.29, 0.717) is 19.3 Å². The number of aliphatic hydroxyl groups excluding tert-OH is 2. The number of aliphatic hydroxyl groups is 2. The molecule has 6 heteroatoms. The summed E-state index contributed by atoms with van der Waals surface area (Å²) in [6, 6.07) is -0.698. The van der Waals surface area contributed by atoms with Gasteiger partial charge in [0.05, 0.1) is 25.2 Å². The van der Waals surface area contributed by atoms with Crippen LogP contribution in [0.2, 0.25) is 0 Å². The average Bonchev–Trinajstić information content (AvgIpc) is 3.19. The van der Waals surface area contributed by atoms with Crippen molar-refractivity contribution in [3.8, 4) is 0 Å². The molecule has 1 amide bonds. The van der Waals surface area contributed by atoms with E-state index < -0.39 is 18.2 Å². The van der Waals surface area contributed by atoms with E-state index >= 15 is 0 Å². The van der Waals surface area contributed by atoms with Crippen LogP contribution in [0.4, 0.5) is 0 Å². The molecule has 0 heterocycles. The van der Waals surface area contributed by atoms with Crippen molar-refractivity contribution in [1.29, 1.82) is 0 Å². The van der Waals surface area contributed by atoms with Crippen LogP contribution in [-0.4, -0.2) is 46.9 Å². The van der Waals surface area contributed by atoms with E-state index in [1.165, 1.54) is 167 Å². The van der Waals surface area contributed by atoms with Crippen LogP contribution in [0.1, 0.15) is 271 Å². The number of allylic oxidation sites excluding steroid dienone is 2. The molecule has 3 unspecified atom stereocenters. The maximum atomic E-state index is 13.2. The van der Waals surface area contributed by atoms with E-state index in [4.69, 9.17) is 4.74 Å². The van der Waals surface area contributed by atoms with E-state index in [0.717, 1.165) is 57.8 Å². The SMILES string of the molecule is CCCCCCCCC/C=C/CCCCCC(CC(=O)NC(CO)C(O)CCCCCCCCCCCCC)OC(=O)CCCCCCCCCCCCCC. The van der Waals surface area contributed by atoms with Crippen molar-refractivity contribution < 1.29 is 24.5 Å². The molecule has 6 nitrogen and oxygen atoms in total. The summed E-state index contributed by atoms with van der Waals surface area (Å²) >= 11 is 0. The number of unbranched alkanes of at least 4 members (excludes halogenated alkanes) is 31. The van der Waals surface area contributed by atoms with E-state index in [1.807, 2.05) is 0 Å². The maximum Gasteiger partial charge on any atom is 0.306 e. The van der Waals surface area contributed by atoms with Crippen LogP contribution < -0.4 is 5.32 Å². The third-order valence-corrected chi connectivity index (χ3v) is 11.6. The van der Waals surface area contributed by atoms with E-state index in [9.17, 15) is 19.8 Å². The number of carbonyl (C=O) groups excluding carboxylic acids is 2. The van der Waals surface area contributed by atoms with Gasteiger partial charge in [0.25, 0.3) is 0 Å². The van der Waals surface area contributed by atoms with Crippen molar-refractivity contribution in [3.05, 3.63) is 12.2 Å². The third kappa shape index (κ3) is 39.4. The Labute approximate surface area is 349 Å². The molecule has 332 valence electrons. The normalized spacial score (nSPS) is 13.3. The lowest BCUT2D eigenvalue weighted by molar-refractivity contribution is -0.151. The highest BCUT2D eigenvalue weighted by Gasteiger charge is 2.24. The van der Waals surface area contributed by atoms with Gasteiger partial charge in [-0.3, -0.25) is 9.59 Å². The number of ether oxygens (including phenoxy) is 1. The van der Waals surface area contributed by atoms with Crippen LogP contribution in [0, 0.1) is 0 Å². The first-order valence-electron chi connectivity index (χ1n) is 24.9. The summed E-state index contributed by atoms with van der Waals surface area (Å²) in [5.74, 6) is -0.475. The third-order valence-electron chi connectivity index (χ3n) is 11.6. The second-order valence-electron chi connectivity index (χ2n) is 17.2. The standard InChI is InChI=1S/C50H97NO5/c1-4-7-10-13-16-19-22-24-25-27-29-32-35-38-41-46(56-50(55)43-40-37-34-31-28-23-20-17-14-11-8-5-2)44-49(54)51-47(45-52)48(53)42-39-36-33-30-26-21-18-15-12-9-6-3/h25,27,46-48,52-53H,4-24,26,28-45H2,1-3H3,(H,51,54)/b27-25+. The molecule has 0 aromatic heterocycles. The summed E-state index contributed by atoms with van der Waals surface area (Å²) in [7, 11) is 0. The van der Waals surface area contributed by atoms with E-state index in [2.05, 4.69) is 38.2 Å². The predicted octanol–water partition coefficient (Wildman–Crippen LogP) is 14.6. The Morgan fingerprint density at radius 1 is 0.500 bits per heavy atom. The number of esters is 1. The highest BCUT2D eigenvalue weighted by molar-refractivity contribution is 5.77. The van der Waals surface area contributed by atoms with Gasteiger partial charge in [0.15, 0.2) is 0 Å². The lowest BCUT2D eigenvalue weighted by Crippen LogP contribution is -2.46. The lowest BCUT2D eigenvalue weighted by atomic mass is 10.0. The Morgan fingerprint density at radius 3 is 1.29 bits per heavy atom. The van der Waals surface area contributed by atoms with Crippen LogP contribution in [-0.2, 0) is 14.3 Å². The van der Waals surface area contributed by atoms with Gasteiger partial charge in [-0.05, 0) is 51.4 Å². The van der Waals surface area contributed by atoms with Gasteiger partial charge in [0.1, 0.15) is 6.10 Å². The van der Waals surface area contributed by atoms with E-state index in [-0.39, 0.29) is 24.9 Å². The molecule has 3 atom stereocenters. The molecule has 3 N–H and O–H groups in total. The Bertz CT molecular complexity index is 847. The highest BCUT2D eigenvalue weighted by Crippen LogP contribution is 2.18. The van der Waals surface area contributed by atoms with Gasteiger partial charge >= 0.3 is 5.97 Å². The Morgan fingerprint density at radius 2 is 0.857 bits per heavy atom. The number of rotatable bonds is 45. The van der Waals surface area contributed by atoms with Gasteiger partial charge < -0.3 is 20.3 Å². The molecule has 0 fully saturated rings. The average molecular weight is 792 g/mol. The van der Waals surface area contributed by atoms with Crippen molar-refractivity contribution in [2.45, 2.75) is 289 Å². The fourth-order valence-electron chi connectivity index (χ4n) is 7.78. The first-order valence-corrected chi connectivity index (χ1v) is 24.9. The van der Waals surface area contributed by atoms with Crippen LogP contribution >= 0.6 is 0 Å². The van der Waals surface area contributed by atoms with Crippen molar-refractivity contribution >= 4 is 11.9 Å². The monoisotopic (exact) mass is 792 g/mol. The Kier molecular flexibility index (Phi) is 43.6. The highest BCUT2D eigenvalue weighted by atomic mass is 16.5. The lowest BCUT2D eigenvalue weighted by Gasteiger charge is -2.24. The topological polar surface area (TPSA) is 95.9 Å². The summed E-state index contributed by atoms with van der Waals surface area (Å²) in [5, 5.41) is 23.7. The zero-order chi connectivity index (χ0) is 41.0.